The molecule has 3 rings (SSSR count). The SMILES string of the molecule is O=C(NCCCNC(=O)c1ccccc1)C(=O)c1c[nH]c2cccc(F)c12. The molecule has 0 saturated carbocycles. The van der Waals surface area contributed by atoms with E-state index >= 15 is 0 Å². The maximum atomic E-state index is 13.9. The molecule has 138 valence electrons. The van der Waals surface area contributed by atoms with Crippen molar-refractivity contribution in [3.05, 3.63) is 71.7 Å². The van der Waals surface area contributed by atoms with Gasteiger partial charge in [0.25, 0.3) is 17.6 Å². The minimum absolute atomic E-state index is 0.00187. The van der Waals surface area contributed by atoms with E-state index in [0.717, 1.165) is 0 Å². The average Bonchev–Trinajstić information content (AvgIpc) is 3.13. The van der Waals surface area contributed by atoms with Crippen LogP contribution in [0.15, 0.2) is 54.7 Å². The van der Waals surface area contributed by atoms with E-state index in [2.05, 4.69) is 15.6 Å². The van der Waals surface area contributed by atoms with Crippen LogP contribution in [0.3, 0.4) is 0 Å². The molecular formula is C20H18FN3O3. The van der Waals surface area contributed by atoms with Crippen LogP contribution in [0.1, 0.15) is 27.1 Å². The number of ketones is 1. The number of aromatic amines is 1. The molecule has 0 radical (unpaired) electrons. The number of amides is 2. The number of rotatable bonds is 7. The van der Waals surface area contributed by atoms with Crippen LogP contribution in [0.2, 0.25) is 0 Å². The molecule has 0 saturated heterocycles. The van der Waals surface area contributed by atoms with Crippen LogP contribution >= 0.6 is 0 Å². The third-order valence-corrected chi connectivity index (χ3v) is 4.07. The highest BCUT2D eigenvalue weighted by molar-refractivity contribution is 6.45. The van der Waals surface area contributed by atoms with Crippen molar-refractivity contribution in [2.75, 3.05) is 13.1 Å². The first kappa shape index (κ1) is 18.3. The van der Waals surface area contributed by atoms with Gasteiger partial charge in [-0.05, 0) is 30.7 Å². The molecular weight excluding hydrogens is 349 g/mol. The van der Waals surface area contributed by atoms with Crippen LogP contribution in [0, 0.1) is 5.82 Å². The van der Waals surface area contributed by atoms with Crippen molar-refractivity contribution in [1.82, 2.24) is 15.6 Å². The summed E-state index contributed by atoms with van der Waals surface area (Å²) in [6.07, 6.45) is 1.79. The number of H-pyrrole nitrogens is 1. The molecule has 3 N–H and O–H groups in total. The molecule has 2 amide bonds. The molecule has 0 bridgehead atoms. The first-order valence-electron chi connectivity index (χ1n) is 8.49. The summed E-state index contributed by atoms with van der Waals surface area (Å²) >= 11 is 0. The number of carbonyl (C=O) groups excluding carboxylic acids is 3. The number of aromatic nitrogens is 1. The maximum absolute atomic E-state index is 13.9. The Hall–Kier alpha value is -3.48. The lowest BCUT2D eigenvalue weighted by atomic mass is 10.1. The van der Waals surface area contributed by atoms with Gasteiger partial charge in [0.1, 0.15) is 5.82 Å². The Bertz CT molecular complexity index is 983. The molecule has 1 heterocycles. The molecule has 1 aromatic heterocycles. The fourth-order valence-corrected chi connectivity index (χ4v) is 2.71. The monoisotopic (exact) mass is 367 g/mol. The number of Topliss-reactive ketones (excluding diaryl/α,β-unsaturated/α-hetero) is 1. The lowest BCUT2D eigenvalue weighted by Crippen LogP contribution is -2.34. The van der Waals surface area contributed by atoms with Gasteiger partial charge in [-0.25, -0.2) is 4.39 Å². The zero-order valence-electron chi connectivity index (χ0n) is 14.4. The lowest BCUT2D eigenvalue weighted by molar-refractivity contribution is -0.116. The minimum atomic E-state index is -0.812. The van der Waals surface area contributed by atoms with E-state index in [0.29, 0.717) is 24.0 Å². The first-order chi connectivity index (χ1) is 13.1. The Balaban J connectivity index is 1.48. The second-order valence-electron chi connectivity index (χ2n) is 5.93. The predicted molar refractivity (Wildman–Crippen MR) is 99.0 cm³/mol. The molecule has 0 fully saturated rings. The molecule has 0 atom stereocenters. The molecule has 27 heavy (non-hydrogen) atoms. The van der Waals surface area contributed by atoms with E-state index in [1.165, 1.54) is 18.3 Å². The van der Waals surface area contributed by atoms with Crippen molar-refractivity contribution in [3.8, 4) is 0 Å². The van der Waals surface area contributed by atoms with Crippen molar-refractivity contribution in [1.29, 1.82) is 0 Å². The number of halogens is 1. The molecule has 2 aromatic carbocycles. The molecule has 0 spiro atoms. The Kier molecular flexibility index (Phi) is 5.61. The van der Waals surface area contributed by atoms with Gasteiger partial charge in [0.05, 0.1) is 5.56 Å². The zero-order valence-corrected chi connectivity index (χ0v) is 14.4. The number of hydrogen-bond donors (Lipinski definition) is 3. The van der Waals surface area contributed by atoms with Crippen LogP contribution in [-0.4, -0.2) is 35.7 Å². The first-order valence-corrected chi connectivity index (χ1v) is 8.49. The normalized spacial score (nSPS) is 10.6. The quantitative estimate of drug-likeness (QED) is 0.340. The van der Waals surface area contributed by atoms with E-state index in [9.17, 15) is 18.8 Å². The van der Waals surface area contributed by atoms with Crippen LogP contribution in [0.4, 0.5) is 4.39 Å². The fourth-order valence-electron chi connectivity index (χ4n) is 2.71. The van der Waals surface area contributed by atoms with E-state index in [-0.39, 0.29) is 23.4 Å². The highest BCUT2D eigenvalue weighted by atomic mass is 19.1. The average molecular weight is 367 g/mol. The van der Waals surface area contributed by atoms with Gasteiger partial charge in [-0.2, -0.15) is 0 Å². The molecule has 0 aliphatic heterocycles. The largest absolute Gasteiger partial charge is 0.360 e. The number of carbonyl (C=O) groups is 3. The van der Waals surface area contributed by atoms with Crippen LogP contribution in [0.5, 0.6) is 0 Å². The third-order valence-electron chi connectivity index (χ3n) is 4.07. The third kappa shape index (κ3) is 4.20. The van der Waals surface area contributed by atoms with E-state index in [1.807, 2.05) is 6.07 Å². The van der Waals surface area contributed by atoms with Gasteiger partial charge in [0, 0.05) is 35.8 Å². The summed E-state index contributed by atoms with van der Waals surface area (Å²) in [7, 11) is 0. The van der Waals surface area contributed by atoms with Gasteiger partial charge >= 0.3 is 0 Å². The second kappa shape index (κ2) is 8.27. The van der Waals surface area contributed by atoms with Crippen LogP contribution in [0.25, 0.3) is 10.9 Å². The summed E-state index contributed by atoms with van der Waals surface area (Å²) in [6, 6.07) is 13.2. The molecule has 0 unspecified atom stereocenters. The molecule has 0 aliphatic rings. The Labute approximate surface area is 154 Å². The highest BCUT2D eigenvalue weighted by Crippen LogP contribution is 2.21. The molecule has 3 aromatic rings. The van der Waals surface area contributed by atoms with E-state index in [4.69, 9.17) is 0 Å². The summed E-state index contributed by atoms with van der Waals surface area (Å²) in [5.41, 5.74) is 1.01. The topological polar surface area (TPSA) is 91.1 Å². The smallest absolute Gasteiger partial charge is 0.292 e. The van der Waals surface area contributed by atoms with Gasteiger partial charge in [-0.3, -0.25) is 14.4 Å². The van der Waals surface area contributed by atoms with Gasteiger partial charge in [-0.1, -0.05) is 24.3 Å². The minimum Gasteiger partial charge on any atom is -0.360 e. The van der Waals surface area contributed by atoms with Gasteiger partial charge in [0.15, 0.2) is 0 Å². The summed E-state index contributed by atoms with van der Waals surface area (Å²) < 4.78 is 13.9. The Morgan fingerprint density at radius 2 is 1.67 bits per heavy atom. The second-order valence-corrected chi connectivity index (χ2v) is 5.93. The fraction of sp³-hybridized carbons (Fsp3) is 0.150. The van der Waals surface area contributed by atoms with Crippen molar-refractivity contribution < 1.29 is 18.8 Å². The molecule has 6 nitrogen and oxygen atoms in total. The molecule has 7 heteroatoms. The standard InChI is InChI=1S/C20H18FN3O3/c21-15-8-4-9-16-17(15)14(12-24-16)18(25)20(27)23-11-5-10-22-19(26)13-6-2-1-3-7-13/h1-4,6-9,12,24H,5,10-11H2,(H,22,26)(H,23,27). The summed E-state index contributed by atoms with van der Waals surface area (Å²) in [5, 5.41) is 5.33. The van der Waals surface area contributed by atoms with Gasteiger partial charge in [0.2, 0.25) is 0 Å². The van der Waals surface area contributed by atoms with E-state index in [1.54, 1.807) is 30.3 Å². The van der Waals surface area contributed by atoms with Gasteiger partial charge < -0.3 is 15.6 Å². The predicted octanol–water partition coefficient (Wildman–Crippen LogP) is 2.43. The Morgan fingerprint density at radius 3 is 2.44 bits per heavy atom. The van der Waals surface area contributed by atoms with Crippen LogP contribution < -0.4 is 10.6 Å². The Morgan fingerprint density at radius 1 is 0.926 bits per heavy atom. The number of benzene rings is 2. The lowest BCUT2D eigenvalue weighted by Gasteiger charge is -2.06. The number of nitrogens with one attached hydrogen (secondary N) is 3. The number of fused-ring (bicyclic) bond motifs is 1. The zero-order chi connectivity index (χ0) is 19.2. The maximum Gasteiger partial charge on any atom is 0.292 e. The van der Waals surface area contributed by atoms with Crippen molar-refractivity contribution in [2.24, 2.45) is 0 Å². The van der Waals surface area contributed by atoms with Crippen molar-refractivity contribution in [3.63, 3.8) is 0 Å². The van der Waals surface area contributed by atoms with Crippen LogP contribution in [-0.2, 0) is 4.79 Å². The molecule has 0 aliphatic carbocycles. The summed E-state index contributed by atoms with van der Waals surface area (Å²) in [6.45, 7) is 0.564. The van der Waals surface area contributed by atoms with Crippen molar-refractivity contribution >= 4 is 28.5 Å². The number of hydrogen-bond acceptors (Lipinski definition) is 3. The summed E-state index contributed by atoms with van der Waals surface area (Å²) in [4.78, 5) is 38.9. The van der Waals surface area contributed by atoms with E-state index < -0.39 is 17.5 Å². The van der Waals surface area contributed by atoms with Gasteiger partial charge in [-0.15, -0.1) is 0 Å². The summed E-state index contributed by atoms with van der Waals surface area (Å²) in [5.74, 6) is -2.38. The van der Waals surface area contributed by atoms with Crippen molar-refractivity contribution in [2.45, 2.75) is 6.42 Å². The highest BCUT2D eigenvalue weighted by Gasteiger charge is 2.21.